The molecule has 1 aliphatic rings. The predicted molar refractivity (Wildman–Crippen MR) is 73.0 cm³/mol. The lowest BCUT2D eigenvalue weighted by Gasteiger charge is -2.31. The number of rotatable bonds is 3. The highest BCUT2D eigenvalue weighted by molar-refractivity contribution is 9.10. The first kappa shape index (κ1) is 13.5. The van der Waals surface area contributed by atoms with Crippen LogP contribution >= 0.6 is 15.9 Å². The third-order valence-electron chi connectivity index (χ3n) is 3.36. The summed E-state index contributed by atoms with van der Waals surface area (Å²) in [4.78, 5) is 2.21. The molecule has 0 amide bonds. The van der Waals surface area contributed by atoms with Crippen molar-refractivity contribution >= 4 is 15.9 Å². The third kappa shape index (κ3) is 2.58. The summed E-state index contributed by atoms with van der Waals surface area (Å²) in [5.41, 5.74) is 2.23. The molecule has 18 heavy (non-hydrogen) atoms. The van der Waals surface area contributed by atoms with Crippen LogP contribution in [-0.4, -0.2) is 40.4 Å². The lowest BCUT2D eigenvalue weighted by Crippen LogP contribution is -2.50. The second-order valence-corrected chi connectivity index (χ2v) is 5.30. The second-order valence-electron chi connectivity index (χ2n) is 4.50. The smallest absolute Gasteiger partial charge is 0.111 e. The van der Waals surface area contributed by atoms with Gasteiger partial charge in [-0.3, -0.25) is 9.58 Å². The van der Waals surface area contributed by atoms with E-state index in [2.05, 4.69) is 44.2 Å². The van der Waals surface area contributed by atoms with Gasteiger partial charge in [0, 0.05) is 33.2 Å². The Bertz CT molecular complexity index is 462. The van der Waals surface area contributed by atoms with Crippen molar-refractivity contribution in [2.24, 2.45) is 7.05 Å². The van der Waals surface area contributed by atoms with E-state index < -0.39 is 0 Å². The Morgan fingerprint density at radius 3 is 3.00 bits per heavy atom. The maximum atomic E-state index is 9.16. The molecule has 98 valence electrons. The predicted octanol–water partition coefficient (Wildman–Crippen LogP) is 1.04. The lowest BCUT2D eigenvalue weighted by molar-refractivity contribution is 0.184. The van der Waals surface area contributed by atoms with Gasteiger partial charge in [0.25, 0.3) is 0 Å². The van der Waals surface area contributed by atoms with E-state index in [1.807, 2.05) is 11.7 Å². The molecule has 0 spiro atoms. The minimum Gasteiger partial charge on any atom is -0.313 e. The van der Waals surface area contributed by atoms with Crippen molar-refractivity contribution in [3.63, 3.8) is 0 Å². The van der Waals surface area contributed by atoms with E-state index in [1.54, 1.807) is 0 Å². The zero-order chi connectivity index (χ0) is 13.1. The number of piperazine rings is 1. The van der Waals surface area contributed by atoms with Gasteiger partial charge in [-0.25, -0.2) is 0 Å². The van der Waals surface area contributed by atoms with Crippen LogP contribution in [0.25, 0.3) is 0 Å². The van der Waals surface area contributed by atoms with Crippen molar-refractivity contribution in [1.29, 1.82) is 5.26 Å². The number of aromatic nitrogens is 2. The van der Waals surface area contributed by atoms with E-state index in [-0.39, 0.29) is 6.04 Å². The normalized spacial score (nSPS) is 20.9. The van der Waals surface area contributed by atoms with Crippen molar-refractivity contribution in [2.45, 2.75) is 25.9 Å². The van der Waals surface area contributed by atoms with E-state index in [9.17, 15) is 0 Å². The molecule has 0 radical (unpaired) electrons. The topological polar surface area (TPSA) is 56.9 Å². The fraction of sp³-hybridized carbons (Fsp3) is 0.667. The first-order valence-electron chi connectivity index (χ1n) is 6.22. The lowest BCUT2D eigenvalue weighted by atomic mass is 10.2. The van der Waals surface area contributed by atoms with Gasteiger partial charge in [-0.05, 0) is 22.4 Å². The average molecular weight is 312 g/mol. The van der Waals surface area contributed by atoms with Gasteiger partial charge < -0.3 is 5.32 Å². The minimum absolute atomic E-state index is 0.0503. The molecule has 1 aromatic rings. The van der Waals surface area contributed by atoms with Gasteiger partial charge in [-0.15, -0.1) is 0 Å². The number of nitrogens with zero attached hydrogens (tertiary/aromatic N) is 4. The van der Waals surface area contributed by atoms with Gasteiger partial charge in [0.15, 0.2) is 0 Å². The molecule has 1 fully saturated rings. The Hall–Kier alpha value is -0.900. The second kappa shape index (κ2) is 5.83. The van der Waals surface area contributed by atoms with Crippen LogP contribution in [0.2, 0.25) is 0 Å². The zero-order valence-electron chi connectivity index (χ0n) is 10.8. The van der Waals surface area contributed by atoms with Crippen LogP contribution in [0.3, 0.4) is 0 Å². The Labute approximate surface area is 116 Å². The number of nitrogens with one attached hydrogen (secondary N) is 1. The van der Waals surface area contributed by atoms with Crippen LogP contribution in [0.4, 0.5) is 0 Å². The van der Waals surface area contributed by atoms with E-state index in [1.165, 1.54) is 0 Å². The van der Waals surface area contributed by atoms with Crippen molar-refractivity contribution < 1.29 is 0 Å². The maximum Gasteiger partial charge on any atom is 0.111 e. The van der Waals surface area contributed by atoms with E-state index in [0.29, 0.717) is 0 Å². The van der Waals surface area contributed by atoms with Crippen LogP contribution in [0.1, 0.15) is 18.3 Å². The van der Waals surface area contributed by atoms with E-state index >= 15 is 0 Å². The van der Waals surface area contributed by atoms with Gasteiger partial charge >= 0.3 is 0 Å². The van der Waals surface area contributed by atoms with Gasteiger partial charge in [0.05, 0.1) is 21.9 Å². The van der Waals surface area contributed by atoms with Crippen LogP contribution in [0.5, 0.6) is 0 Å². The highest BCUT2D eigenvalue weighted by Crippen LogP contribution is 2.23. The van der Waals surface area contributed by atoms with E-state index in [4.69, 9.17) is 5.26 Å². The first-order chi connectivity index (χ1) is 8.67. The molecule has 2 heterocycles. The summed E-state index contributed by atoms with van der Waals surface area (Å²) in [7, 11) is 1.96. The van der Waals surface area contributed by atoms with Gasteiger partial charge in [-0.2, -0.15) is 10.4 Å². The molecule has 0 saturated carbocycles. The molecular weight excluding hydrogens is 294 g/mol. The number of hydrogen-bond donors (Lipinski definition) is 1. The molecule has 6 heteroatoms. The monoisotopic (exact) mass is 311 g/mol. The van der Waals surface area contributed by atoms with Crippen LogP contribution in [0.15, 0.2) is 4.47 Å². The number of aryl methyl sites for hydroxylation is 2. The molecule has 0 aromatic carbocycles. The molecule has 2 rings (SSSR count). The molecule has 0 aliphatic carbocycles. The Morgan fingerprint density at radius 1 is 1.61 bits per heavy atom. The summed E-state index contributed by atoms with van der Waals surface area (Å²) in [6.45, 7) is 5.45. The summed E-state index contributed by atoms with van der Waals surface area (Å²) < 4.78 is 3.00. The summed E-state index contributed by atoms with van der Waals surface area (Å²) in [6, 6.07) is 2.30. The Morgan fingerprint density at radius 2 is 2.39 bits per heavy atom. The van der Waals surface area contributed by atoms with Crippen molar-refractivity contribution in [3.8, 4) is 6.07 Å². The quantitative estimate of drug-likeness (QED) is 0.906. The van der Waals surface area contributed by atoms with Crippen molar-refractivity contribution in [3.05, 3.63) is 15.9 Å². The summed E-state index contributed by atoms with van der Waals surface area (Å²) in [5.74, 6) is 0. The molecule has 1 aliphatic heterocycles. The van der Waals surface area contributed by atoms with Crippen LogP contribution in [0, 0.1) is 11.3 Å². The highest BCUT2D eigenvalue weighted by Gasteiger charge is 2.24. The molecule has 1 atom stereocenters. The first-order valence-corrected chi connectivity index (χ1v) is 7.01. The number of halogens is 1. The molecule has 5 nitrogen and oxygen atoms in total. The SMILES string of the molecule is CCc1nn(C)c(CN2CCNCC2C#N)c1Br. The molecule has 1 N–H and O–H groups in total. The molecule has 0 bridgehead atoms. The standard InChI is InChI=1S/C12H18BrN5/c1-3-10-12(13)11(17(2)16-10)8-18-5-4-15-7-9(18)6-14/h9,15H,3-5,7-8H2,1-2H3. The Balaban J connectivity index is 2.18. The van der Waals surface area contributed by atoms with Crippen molar-refractivity contribution in [2.75, 3.05) is 19.6 Å². The third-order valence-corrected chi connectivity index (χ3v) is 4.27. The molecule has 1 unspecified atom stereocenters. The zero-order valence-corrected chi connectivity index (χ0v) is 12.4. The number of nitriles is 1. The van der Waals surface area contributed by atoms with E-state index in [0.717, 1.165) is 48.5 Å². The fourth-order valence-corrected chi connectivity index (χ4v) is 2.99. The molecule has 1 saturated heterocycles. The molecular formula is C12H18BrN5. The van der Waals surface area contributed by atoms with Gasteiger partial charge in [0.1, 0.15) is 6.04 Å². The van der Waals surface area contributed by atoms with Gasteiger partial charge in [0.2, 0.25) is 0 Å². The van der Waals surface area contributed by atoms with Crippen molar-refractivity contribution in [1.82, 2.24) is 20.0 Å². The minimum atomic E-state index is -0.0503. The van der Waals surface area contributed by atoms with Crippen LogP contribution in [-0.2, 0) is 20.0 Å². The Kier molecular flexibility index (Phi) is 4.38. The maximum absolute atomic E-state index is 9.16. The average Bonchev–Trinajstić information content (AvgIpc) is 2.66. The van der Waals surface area contributed by atoms with Crippen LogP contribution < -0.4 is 5.32 Å². The summed E-state index contributed by atoms with van der Waals surface area (Å²) >= 11 is 3.62. The fourth-order valence-electron chi connectivity index (χ4n) is 2.25. The largest absolute Gasteiger partial charge is 0.313 e. The highest BCUT2D eigenvalue weighted by atomic mass is 79.9. The van der Waals surface area contributed by atoms with Gasteiger partial charge in [-0.1, -0.05) is 6.92 Å². The summed E-state index contributed by atoms with van der Waals surface area (Å²) in [5, 5.41) is 16.9. The number of hydrogen-bond acceptors (Lipinski definition) is 4. The molecule has 1 aromatic heterocycles. The summed E-state index contributed by atoms with van der Waals surface area (Å²) in [6.07, 6.45) is 0.914.